The Kier molecular flexibility index (Phi) is 7.23. The van der Waals surface area contributed by atoms with Crippen LogP contribution in [0.25, 0.3) is 23.3 Å². The van der Waals surface area contributed by atoms with E-state index in [0.29, 0.717) is 0 Å². The maximum absolute atomic E-state index is 4.79. The molecule has 6 rings (SSSR count). The molecule has 1 N–H and O–H groups in total. The Hall–Kier alpha value is -3.85. The molecular formula is C37H41N3. The van der Waals surface area contributed by atoms with E-state index in [2.05, 4.69) is 123 Å². The number of fused-ring (bicyclic) bond motifs is 4. The van der Waals surface area contributed by atoms with Gasteiger partial charge in [-0.25, -0.2) is 0 Å². The summed E-state index contributed by atoms with van der Waals surface area (Å²) in [5.41, 5.74) is 12.8. The van der Waals surface area contributed by atoms with Gasteiger partial charge in [0.15, 0.2) is 0 Å². The smallest absolute Gasteiger partial charge is 0.0631 e. The minimum Gasteiger partial charge on any atom is -0.385 e. The zero-order valence-corrected chi connectivity index (χ0v) is 24.4. The molecule has 3 aromatic carbocycles. The van der Waals surface area contributed by atoms with Crippen LogP contribution in [0.2, 0.25) is 0 Å². The molecule has 40 heavy (non-hydrogen) atoms. The van der Waals surface area contributed by atoms with Crippen molar-refractivity contribution in [2.75, 3.05) is 23.3 Å². The summed E-state index contributed by atoms with van der Waals surface area (Å²) < 4.78 is 0. The second-order valence-electron chi connectivity index (χ2n) is 12.3. The highest BCUT2D eigenvalue weighted by Gasteiger charge is 2.35. The molecule has 0 saturated carbocycles. The fourth-order valence-electron chi connectivity index (χ4n) is 6.35. The summed E-state index contributed by atoms with van der Waals surface area (Å²) in [7, 11) is 0. The lowest BCUT2D eigenvalue weighted by Gasteiger charge is -2.31. The van der Waals surface area contributed by atoms with Crippen molar-refractivity contribution in [3.8, 4) is 11.1 Å². The van der Waals surface area contributed by atoms with Gasteiger partial charge >= 0.3 is 0 Å². The molecule has 4 aromatic rings. The molecule has 0 saturated heterocycles. The van der Waals surface area contributed by atoms with E-state index in [4.69, 9.17) is 4.98 Å². The quantitative estimate of drug-likeness (QED) is 0.231. The standard InChI is InChI=1S/C37H41N3/c1-26(2)9-7-21-38-30-17-20-33-32-19-14-27(23-34(32)37(3,4)35(33)24-30)13-15-29-16-18-31(25-39-29)40-22-8-11-28-10-5-6-12-36(28)40/h5-6,10,12-20,23-26,38H,7-9,11,21-22H2,1-4H3/b15-13+. The van der Waals surface area contributed by atoms with Crippen LogP contribution in [0.15, 0.2) is 79.0 Å². The molecule has 204 valence electrons. The molecule has 1 aliphatic carbocycles. The summed E-state index contributed by atoms with van der Waals surface area (Å²) in [6, 6.07) is 26.9. The topological polar surface area (TPSA) is 28.2 Å². The number of para-hydroxylation sites is 1. The maximum Gasteiger partial charge on any atom is 0.0631 e. The van der Waals surface area contributed by atoms with Crippen molar-refractivity contribution < 1.29 is 0 Å². The number of hydrogen-bond donors (Lipinski definition) is 1. The van der Waals surface area contributed by atoms with Gasteiger partial charge in [-0.1, -0.05) is 76.2 Å². The van der Waals surface area contributed by atoms with Crippen molar-refractivity contribution in [3.63, 3.8) is 0 Å². The van der Waals surface area contributed by atoms with Gasteiger partial charge in [-0.3, -0.25) is 4.98 Å². The zero-order chi connectivity index (χ0) is 27.7. The number of anilines is 3. The maximum atomic E-state index is 4.79. The molecule has 1 aliphatic heterocycles. The predicted molar refractivity (Wildman–Crippen MR) is 172 cm³/mol. The van der Waals surface area contributed by atoms with Crippen molar-refractivity contribution in [2.24, 2.45) is 5.92 Å². The molecule has 0 radical (unpaired) electrons. The van der Waals surface area contributed by atoms with Crippen molar-refractivity contribution in [2.45, 2.75) is 58.8 Å². The monoisotopic (exact) mass is 527 g/mol. The highest BCUT2D eigenvalue weighted by atomic mass is 15.1. The number of rotatable bonds is 8. The van der Waals surface area contributed by atoms with Gasteiger partial charge in [0.2, 0.25) is 0 Å². The summed E-state index contributed by atoms with van der Waals surface area (Å²) in [5, 5.41) is 3.65. The van der Waals surface area contributed by atoms with Crippen molar-refractivity contribution in [1.29, 1.82) is 0 Å². The second kappa shape index (κ2) is 11.0. The SMILES string of the molecule is CC(C)CCCNc1ccc2c(c1)C(C)(C)c1cc(/C=C/c3ccc(N4CCCc5ccccc54)cn3)ccc1-2. The van der Waals surface area contributed by atoms with E-state index in [1.807, 2.05) is 6.20 Å². The summed E-state index contributed by atoms with van der Waals surface area (Å²) in [6.07, 6.45) is 11.1. The molecule has 0 atom stereocenters. The Balaban J connectivity index is 1.17. The van der Waals surface area contributed by atoms with Gasteiger partial charge in [-0.15, -0.1) is 0 Å². The van der Waals surface area contributed by atoms with E-state index in [1.54, 1.807) is 0 Å². The van der Waals surface area contributed by atoms with Crippen LogP contribution in [-0.2, 0) is 11.8 Å². The Morgan fingerprint density at radius 1 is 0.925 bits per heavy atom. The van der Waals surface area contributed by atoms with Crippen molar-refractivity contribution in [1.82, 2.24) is 4.98 Å². The van der Waals surface area contributed by atoms with Crippen LogP contribution < -0.4 is 10.2 Å². The molecule has 3 nitrogen and oxygen atoms in total. The average molecular weight is 528 g/mol. The van der Waals surface area contributed by atoms with E-state index in [9.17, 15) is 0 Å². The lowest BCUT2D eigenvalue weighted by Crippen LogP contribution is -2.24. The van der Waals surface area contributed by atoms with Crippen LogP contribution in [0.4, 0.5) is 17.1 Å². The number of nitrogens with zero attached hydrogens (tertiary/aromatic N) is 2. The van der Waals surface area contributed by atoms with Crippen LogP contribution in [0.1, 0.15) is 74.9 Å². The number of aryl methyl sites for hydroxylation is 1. The fraction of sp³-hybridized carbons (Fsp3) is 0.324. The first-order valence-corrected chi connectivity index (χ1v) is 14.9. The normalized spacial score (nSPS) is 15.3. The van der Waals surface area contributed by atoms with Gasteiger partial charge in [0.1, 0.15) is 0 Å². The van der Waals surface area contributed by atoms with Gasteiger partial charge in [0.05, 0.1) is 17.6 Å². The van der Waals surface area contributed by atoms with Crippen LogP contribution in [-0.4, -0.2) is 18.1 Å². The number of pyridine rings is 1. The average Bonchev–Trinajstić information content (AvgIpc) is 3.19. The summed E-state index contributed by atoms with van der Waals surface area (Å²) in [5.74, 6) is 0.756. The minimum atomic E-state index is -0.0330. The number of nitrogens with one attached hydrogen (secondary N) is 1. The Labute approximate surface area is 240 Å². The summed E-state index contributed by atoms with van der Waals surface area (Å²) in [6.45, 7) is 11.4. The van der Waals surface area contributed by atoms with Crippen LogP contribution in [0, 0.1) is 5.92 Å². The molecule has 0 amide bonds. The van der Waals surface area contributed by atoms with Crippen molar-refractivity contribution in [3.05, 3.63) is 107 Å². The van der Waals surface area contributed by atoms with E-state index in [-0.39, 0.29) is 5.41 Å². The molecule has 1 aromatic heterocycles. The number of aromatic nitrogens is 1. The van der Waals surface area contributed by atoms with Crippen LogP contribution in [0.3, 0.4) is 0 Å². The third-order valence-corrected chi connectivity index (χ3v) is 8.63. The van der Waals surface area contributed by atoms with Crippen LogP contribution >= 0.6 is 0 Å². The third-order valence-electron chi connectivity index (χ3n) is 8.63. The molecule has 2 aliphatic rings. The summed E-state index contributed by atoms with van der Waals surface area (Å²) >= 11 is 0. The Morgan fingerprint density at radius 2 is 1.73 bits per heavy atom. The van der Waals surface area contributed by atoms with E-state index < -0.39 is 0 Å². The first-order chi connectivity index (χ1) is 19.4. The van der Waals surface area contributed by atoms with Gasteiger partial charge < -0.3 is 10.2 Å². The van der Waals surface area contributed by atoms with E-state index >= 15 is 0 Å². The highest BCUT2D eigenvalue weighted by Crippen LogP contribution is 2.49. The van der Waals surface area contributed by atoms with Gasteiger partial charge in [-0.2, -0.15) is 0 Å². The largest absolute Gasteiger partial charge is 0.385 e. The van der Waals surface area contributed by atoms with Gasteiger partial charge in [0, 0.05) is 29.9 Å². The molecule has 2 heterocycles. The first kappa shape index (κ1) is 26.4. The van der Waals surface area contributed by atoms with Crippen molar-refractivity contribution >= 4 is 29.2 Å². The molecule has 0 fully saturated rings. The highest BCUT2D eigenvalue weighted by molar-refractivity contribution is 5.84. The van der Waals surface area contributed by atoms with Crippen LogP contribution in [0.5, 0.6) is 0 Å². The van der Waals surface area contributed by atoms with Gasteiger partial charge in [0.25, 0.3) is 0 Å². The molecular weight excluding hydrogens is 486 g/mol. The predicted octanol–water partition coefficient (Wildman–Crippen LogP) is 9.49. The van der Waals surface area contributed by atoms with Gasteiger partial charge in [-0.05, 0) is 101 Å². The second-order valence-corrected chi connectivity index (χ2v) is 12.3. The number of hydrogen-bond acceptors (Lipinski definition) is 3. The lowest BCUT2D eigenvalue weighted by atomic mass is 9.82. The molecule has 0 unspecified atom stereocenters. The molecule has 3 heteroatoms. The number of benzene rings is 3. The lowest BCUT2D eigenvalue weighted by molar-refractivity contribution is 0.567. The molecule has 0 bridgehead atoms. The zero-order valence-electron chi connectivity index (χ0n) is 24.4. The Bertz CT molecular complexity index is 1530. The fourth-order valence-corrected chi connectivity index (χ4v) is 6.35. The van der Waals surface area contributed by atoms with E-state index in [1.165, 1.54) is 64.0 Å². The Morgan fingerprint density at radius 3 is 2.52 bits per heavy atom. The third kappa shape index (κ3) is 5.18. The molecule has 0 spiro atoms. The first-order valence-electron chi connectivity index (χ1n) is 14.9. The minimum absolute atomic E-state index is 0.0330. The summed E-state index contributed by atoms with van der Waals surface area (Å²) in [4.78, 5) is 7.18. The van der Waals surface area contributed by atoms with E-state index in [0.717, 1.165) is 36.8 Å².